The highest BCUT2D eigenvalue weighted by Crippen LogP contribution is 2.28. The van der Waals surface area contributed by atoms with Crippen LogP contribution in [0.15, 0.2) is 29.5 Å². The van der Waals surface area contributed by atoms with E-state index in [0.717, 1.165) is 22.4 Å². The number of aliphatic imine (C=N–C) groups is 1. The van der Waals surface area contributed by atoms with Gasteiger partial charge in [0, 0.05) is 17.7 Å². The Labute approximate surface area is 99.2 Å². The molecule has 0 bridgehead atoms. The van der Waals surface area contributed by atoms with Crippen molar-refractivity contribution in [3.8, 4) is 0 Å². The number of anilines is 1. The summed E-state index contributed by atoms with van der Waals surface area (Å²) in [6.07, 6.45) is 3.55. The second kappa shape index (κ2) is 4.45. The van der Waals surface area contributed by atoms with Crippen molar-refractivity contribution < 1.29 is 0 Å². The first-order valence-electron chi connectivity index (χ1n) is 4.72. The number of aromatic nitrogens is 1. The van der Waals surface area contributed by atoms with Crippen molar-refractivity contribution in [1.82, 2.24) is 4.98 Å². The van der Waals surface area contributed by atoms with Gasteiger partial charge >= 0.3 is 0 Å². The third-order valence-corrected chi connectivity index (χ3v) is 4.06. The maximum atomic E-state index is 4.60. The monoisotopic (exact) mass is 239 g/mol. The van der Waals surface area contributed by atoms with Gasteiger partial charge in [0.15, 0.2) is 5.17 Å². The van der Waals surface area contributed by atoms with Crippen LogP contribution in [0.3, 0.4) is 0 Å². The van der Waals surface area contributed by atoms with Crippen molar-refractivity contribution in [3.63, 3.8) is 0 Å². The lowest BCUT2D eigenvalue weighted by Gasteiger charge is -2.14. The molecule has 5 heteroatoms. The van der Waals surface area contributed by atoms with Crippen LogP contribution in [-0.4, -0.2) is 27.2 Å². The molecule has 0 saturated carbocycles. The summed E-state index contributed by atoms with van der Waals surface area (Å²) in [5, 5.41) is 4.20. The number of hydrogen-bond acceptors (Lipinski definition) is 5. The molecule has 1 aliphatic heterocycles. The first-order chi connectivity index (χ1) is 7.22. The van der Waals surface area contributed by atoms with E-state index in [2.05, 4.69) is 34.8 Å². The molecule has 0 fully saturated rings. The molecule has 2 heterocycles. The fourth-order valence-corrected chi connectivity index (χ4v) is 2.66. The number of hydrogen-bond donors (Lipinski definition) is 2. The molecular formula is C10H13N3S2. The summed E-state index contributed by atoms with van der Waals surface area (Å²) in [7, 11) is 0. The number of rotatable bonds is 2. The van der Waals surface area contributed by atoms with Gasteiger partial charge in [-0.2, -0.15) is 12.6 Å². The Balaban J connectivity index is 2.06. The van der Waals surface area contributed by atoms with Crippen molar-refractivity contribution in [1.29, 1.82) is 0 Å². The van der Waals surface area contributed by atoms with Gasteiger partial charge in [-0.15, -0.1) is 0 Å². The van der Waals surface area contributed by atoms with E-state index in [-0.39, 0.29) is 5.54 Å². The first kappa shape index (κ1) is 10.8. The number of nitrogens with zero attached hydrogens (tertiary/aromatic N) is 2. The van der Waals surface area contributed by atoms with Crippen molar-refractivity contribution >= 4 is 35.2 Å². The average molecular weight is 239 g/mol. The van der Waals surface area contributed by atoms with E-state index in [1.54, 1.807) is 24.2 Å². The summed E-state index contributed by atoms with van der Waals surface area (Å²) >= 11 is 6.04. The van der Waals surface area contributed by atoms with E-state index in [9.17, 15) is 0 Å². The molecule has 1 aromatic rings. The summed E-state index contributed by atoms with van der Waals surface area (Å²) in [5.41, 5.74) is 0.949. The molecule has 0 saturated heterocycles. The highest BCUT2D eigenvalue weighted by Gasteiger charge is 2.29. The molecular weight excluding hydrogens is 226 g/mol. The van der Waals surface area contributed by atoms with Gasteiger partial charge in [-0.3, -0.25) is 9.98 Å². The van der Waals surface area contributed by atoms with Crippen LogP contribution in [0.4, 0.5) is 5.69 Å². The van der Waals surface area contributed by atoms with E-state index >= 15 is 0 Å². The molecule has 15 heavy (non-hydrogen) atoms. The maximum Gasteiger partial charge on any atom is 0.161 e. The zero-order valence-electron chi connectivity index (χ0n) is 8.47. The Kier molecular flexibility index (Phi) is 3.21. The van der Waals surface area contributed by atoms with Gasteiger partial charge in [0.05, 0.1) is 17.4 Å². The van der Waals surface area contributed by atoms with Crippen LogP contribution in [-0.2, 0) is 0 Å². The maximum absolute atomic E-state index is 4.60. The molecule has 3 nitrogen and oxygen atoms in total. The third kappa shape index (κ3) is 2.66. The van der Waals surface area contributed by atoms with Crippen molar-refractivity contribution in [2.75, 3.05) is 16.8 Å². The molecule has 80 valence electrons. The summed E-state index contributed by atoms with van der Waals surface area (Å²) in [5.74, 6) is 1.76. The Hall–Kier alpha value is -0.680. The number of nitrogens with one attached hydrogen (secondary N) is 1. The van der Waals surface area contributed by atoms with Gasteiger partial charge < -0.3 is 5.32 Å². The molecule has 0 aromatic carbocycles. The fourth-order valence-electron chi connectivity index (χ4n) is 1.24. The molecule has 2 rings (SSSR count). The number of thioether (sulfide) groups is 1. The predicted octanol–water partition coefficient (Wildman–Crippen LogP) is 2.28. The molecule has 0 amide bonds. The van der Waals surface area contributed by atoms with Gasteiger partial charge in [-0.1, -0.05) is 11.8 Å². The van der Waals surface area contributed by atoms with Crippen LogP contribution in [0, 0.1) is 0 Å². The minimum Gasteiger partial charge on any atom is -0.334 e. The summed E-state index contributed by atoms with van der Waals surface area (Å²) in [4.78, 5) is 8.64. The predicted molar refractivity (Wildman–Crippen MR) is 70.0 cm³/mol. The average Bonchev–Trinajstić information content (AvgIpc) is 2.63. The summed E-state index contributed by atoms with van der Waals surface area (Å²) < 4.78 is 0. The lowest BCUT2D eigenvalue weighted by molar-refractivity contribution is 0.618. The SMILES string of the molecule is CC1(CS)CSC(Nc2cccnc2)=N1. The van der Waals surface area contributed by atoms with Gasteiger partial charge in [-0.05, 0) is 19.1 Å². The quantitative estimate of drug-likeness (QED) is 0.778. The second-order valence-corrected chi connectivity index (χ2v) is 5.01. The van der Waals surface area contributed by atoms with Crippen LogP contribution in [0.1, 0.15) is 6.92 Å². The smallest absolute Gasteiger partial charge is 0.161 e. The lowest BCUT2D eigenvalue weighted by atomic mass is 10.1. The third-order valence-electron chi connectivity index (χ3n) is 2.14. The Bertz CT molecular complexity index is 366. The van der Waals surface area contributed by atoms with Crippen LogP contribution >= 0.6 is 24.4 Å². The molecule has 0 spiro atoms. The van der Waals surface area contributed by atoms with Crippen LogP contribution in [0.5, 0.6) is 0 Å². The second-order valence-electron chi connectivity index (χ2n) is 3.73. The number of amidine groups is 1. The van der Waals surface area contributed by atoms with E-state index in [0.29, 0.717) is 0 Å². The first-order valence-corrected chi connectivity index (χ1v) is 6.34. The minimum absolute atomic E-state index is 0.0294. The fraction of sp³-hybridized carbons (Fsp3) is 0.400. The number of thiol groups is 1. The van der Waals surface area contributed by atoms with Crippen LogP contribution < -0.4 is 5.32 Å². The zero-order valence-corrected chi connectivity index (χ0v) is 10.2. The highest BCUT2D eigenvalue weighted by atomic mass is 32.2. The van der Waals surface area contributed by atoms with Gasteiger partial charge in [-0.25, -0.2) is 0 Å². The van der Waals surface area contributed by atoms with Gasteiger partial charge in [0.25, 0.3) is 0 Å². The highest BCUT2D eigenvalue weighted by molar-refractivity contribution is 8.14. The van der Waals surface area contributed by atoms with Crippen molar-refractivity contribution in [2.45, 2.75) is 12.5 Å². The largest absolute Gasteiger partial charge is 0.334 e. The minimum atomic E-state index is -0.0294. The summed E-state index contributed by atoms with van der Waals surface area (Å²) in [6.45, 7) is 2.12. The Morgan fingerprint density at radius 2 is 2.53 bits per heavy atom. The van der Waals surface area contributed by atoms with Crippen molar-refractivity contribution in [3.05, 3.63) is 24.5 Å². The molecule has 1 aromatic heterocycles. The Morgan fingerprint density at radius 1 is 1.67 bits per heavy atom. The van der Waals surface area contributed by atoms with Gasteiger partial charge in [0.1, 0.15) is 0 Å². The van der Waals surface area contributed by atoms with E-state index in [1.165, 1.54) is 0 Å². The van der Waals surface area contributed by atoms with Crippen molar-refractivity contribution in [2.24, 2.45) is 4.99 Å². The molecule has 0 aliphatic carbocycles. The normalized spacial score (nSPS) is 25.1. The van der Waals surface area contributed by atoms with E-state index in [4.69, 9.17) is 0 Å². The van der Waals surface area contributed by atoms with E-state index < -0.39 is 0 Å². The Morgan fingerprint density at radius 3 is 3.13 bits per heavy atom. The number of pyridine rings is 1. The summed E-state index contributed by atoms with van der Waals surface area (Å²) in [6, 6.07) is 3.88. The molecule has 1 N–H and O–H groups in total. The lowest BCUT2D eigenvalue weighted by Crippen LogP contribution is -2.24. The molecule has 1 atom stereocenters. The molecule has 1 aliphatic rings. The molecule has 0 radical (unpaired) electrons. The van der Waals surface area contributed by atoms with Crippen LogP contribution in [0.2, 0.25) is 0 Å². The van der Waals surface area contributed by atoms with E-state index in [1.807, 2.05) is 12.1 Å². The topological polar surface area (TPSA) is 37.3 Å². The standard InChI is InChI=1S/C10H13N3S2/c1-10(6-14)7-15-9(13-10)12-8-3-2-4-11-5-8/h2-5,14H,6-7H2,1H3,(H,12,13). The molecule has 1 unspecified atom stereocenters. The van der Waals surface area contributed by atoms with Gasteiger partial charge in [0.2, 0.25) is 0 Å². The zero-order chi connectivity index (χ0) is 10.7. The van der Waals surface area contributed by atoms with Crippen LogP contribution in [0.25, 0.3) is 0 Å².